The van der Waals surface area contributed by atoms with E-state index in [2.05, 4.69) is 69.0 Å². The van der Waals surface area contributed by atoms with Gasteiger partial charge in [-0.05, 0) is 58.2 Å². The highest BCUT2D eigenvalue weighted by Gasteiger charge is 2.56. The lowest BCUT2D eigenvalue weighted by atomic mass is 9.75. The molecule has 124 valence electrons. The predicted molar refractivity (Wildman–Crippen MR) is 99.6 cm³/mol. The Balaban J connectivity index is 1.79. The van der Waals surface area contributed by atoms with Crippen LogP contribution in [0.5, 0.6) is 0 Å². The van der Waals surface area contributed by atoms with Crippen molar-refractivity contribution in [3.05, 3.63) is 47.5 Å². The lowest BCUT2D eigenvalue weighted by Gasteiger charge is -2.31. The highest BCUT2D eigenvalue weighted by molar-refractivity contribution is 6.06. The Morgan fingerprint density at radius 3 is 2.62 bits per heavy atom. The predicted octanol–water partition coefficient (Wildman–Crippen LogP) is 5.48. The van der Waals surface area contributed by atoms with Crippen LogP contribution in [0.1, 0.15) is 44.2 Å². The van der Waals surface area contributed by atoms with Crippen molar-refractivity contribution >= 4 is 21.9 Å². The standard InChI is InChI=1S/C22H25NO/c1-13-9-10-16-15-7-5-6-8-18(15)24-21(16)19(13)20-14(2)23-12-11-17(20)22(23,3)4/h5-10,14,17,20H,11-12H2,1-4H3/t14-,17?,20?/m1/s1. The number of aryl methyl sites for hydroxylation is 1. The topological polar surface area (TPSA) is 16.4 Å². The fourth-order valence-electron chi connectivity index (χ4n) is 5.77. The lowest BCUT2D eigenvalue weighted by Crippen LogP contribution is -2.39. The molecule has 0 spiro atoms. The van der Waals surface area contributed by atoms with E-state index in [0.717, 1.165) is 11.2 Å². The van der Waals surface area contributed by atoms with Gasteiger partial charge in [-0.1, -0.05) is 30.3 Å². The van der Waals surface area contributed by atoms with E-state index in [1.54, 1.807) is 0 Å². The molecule has 1 aromatic heterocycles. The average molecular weight is 319 g/mol. The number of fused-ring (bicyclic) bond motifs is 5. The van der Waals surface area contributed by atoms with Gasteiger partial charge in [0.05, 0.1) is 0 Å². The van der Waals surface area contributed by atoms with E-state index >= 15 is 0 Å². The second kappa shape index (κ2) is 4.64. The minimum Gasteiger partial charge on any atom is -0.456 e. The molecular weight excluding hydrogens is 294 g/mol. The summed E-state index contributed by atoms with van der Waals surface area (Å²) in [5, 5.41) is 2.51. The molecule has 24 heavy (non-hydrogen) atoms. The number of rotatable bonds is 1. The number of benzene rings is 2. The summed E-state index contributed by atoms with van der Waals surface area (Å²) in [5.74, 6) is 1.28. The van der Waals surface area contributed by atoms with Crippen molar-refractivity contribution < 1.29 is 4.42 Å². The zero-order valence-electron chi connectivity index (χ0n) is 15.0. The summed E-state index contributed by atoms with van der Waals surface area (Å²) in [5.41, 5.74) is 5.26. The van der Waals surface area contributed by atoms with E-state index in [1.807, 2.05) is 0 Å². The van der Waals surface area contributed by atoms with Crippen LogP contribution in [-0.2, 0) is 0 Å². The Hall–Kier alpha value is -1.80. The number of piperidine rings is 1. The third kappa shape index (κ3) is 1.65. The summed E-state index contributed by atoms with van der Waals surface area (Å²) in [4.78, 5) is 2.71. The largest absolute Gasteiger partial charge is 0.456 e. The minimum atomic E-state index is 0.296. The van der Waals surface area contributed by atoms with Gasteiger partial charge in [-0.15, -0.1) is 0 Å². The molecule has 2 nitrogen and oxygen atoms in total. The summed E-state index contributed by atoms with van der Waals surface area (Å²) < 4.78 is 6.38. The Bertz CT molecular complexity index is 951. The third-order valence-corrected chi connectivity index (χ3v) is 6.91. The molecule has 0 saturated carbocycles. The summed E-state index contributed by atoms with van der Waals surface area (Å²) in [6.07, 6.45) is 1.30. The zero-order valence-corrected chi connectivity index (χ0v) is 15.0. The molecule has 5 rings (SSSR count). The van der Waals surface area contributed by atoms with Crippen molar-refractivity contribution in [1.82, 2.24) is 4.90 Å². The molecule has 2 bridgehead atoms. The van der Waals surface area contributed by atoms with Crippen LogP contribution in [0.25, 0.3) is 21.9 Å². The molecule has 3 heterocycles. The molecule has 3 unspecified atom stereocenters. The van der Waals surface area contributed by atoms with Gasteiger partial charge in [-0.3, -0.25) is 4.90 Å². The first-order chi connectivity index (χ1) is 11.5. The van der Waals surface area contributed by atoms with Crippen molar-refractivity contribution in [3.63, 3.8) is 0 Å². The highest BCUT2D eigenvalue weighted by atomic mass is 16.3. The zero-order chi connectivity index (χ0) is 16.6. The van der Waals surface area contributed by atoms with Gasteiger partial charge in [-0.2, -0.15) is 0 Å². The number of para-hydroxylation sites is 1. The fourth-order valence-corrected chi connectivity index (χ4v) is 5.77. The summed E-state index contributed by atoms with van der Waals surface area (Å²) in [6.45, 7) is 10.8. The molecule has 3 aromatic rings. The quantitative estimate of drug-likeness (QED) is 0.590. The number of nitrogens with zero attached hydrogens (tertiary/aromatic N) is 1. The molecule has 2 aromatic carbocycles. The first-order valence-corrected chi connectivity index (χ1v) is 9.17. The van der Waals surface area contributed by atoms with Crippen LogP contribution < -0.4 is 0 Å². The van der Waals surface area contributed by atoms with Crippen LogP contribution in [0.15, 0.2) is 40.8 Å². The van der Waals surface area contributed by atoms with Crippen LogP contribution in [0.4, 0.5) is 0 Å². The van der Waals surface area contributed by atoms with E-state index in [1.165, 1.54) is 34.9 Å². The van der Waals surface area contributed by atoms with Gasteiger partial charge in [-0.25, -0.2) is 0 Å². The van der Waals surface area contributed by atoms with Crippen LogP contribution in [0, 0.1) is 12.8 Å². The molecule has 2 saturated heterocycles. The van der Waals surface area contributed by atoms with Gasteiger partial charge in [0.25, 0.3) is 0 Å². The molecule has 2 fully saturated rings. The molecular formula is C22H25NO. The molecule has 2 heteroatoms. The molecule has 2 aliphatic rings. The molecule has 4 atom stereocenters. The Labute approximate surface area is 143 Å². The Morgan fingerprint density at radius 1 is 1.08 bits per heavy atom. The maximum Gasteiger partial charge on any atom is 0.139 e. The van der Waals surface area contributed by atoms with E-state index in [-0.39, 0.29) is 0 Å². The number of furan rings is 1. The summed E-state index contributed by atoms with van der Waals surface area (Å²) in [6, 6.07) is 13.5. The van der Waals surface area contributed by atoms with Crippen LogP contribution in [0.2, 0.25) is 0 Å². The lowest BCUT2D eigenvalue weighted by molar-refractivity contribution is 0.169. The molecule has 0 aliphatic carbocycles. The van der Waals surface area contributed by atoms with Gasteiger partial charge >= 0.3 is 0 Å². The highest BCUT2D eigenvalue weighted by Crippen LogP contribution is 2.56. The molecule has 0 N–H and O–H groups in total. The van der Waals surface area contributed by atoms with Gasteiger partial charge < -0.3 is 4.42 Å². The Kier molecular flexibility index (Phi) is 2.81. The van der Waals surface area contributed by atoms with Crippen molar-refractivity contribution in [2.75, 3.05) is 6.54 Å². The summed E-state index contributed by atoms with van der Waals surface area (Å²) >= 11 is 0. The van der Waals surface area contributed by atoms with Crippen LogP contribution in [-0.4, -0.2) is 23.0 Å². The van der Waals surface area contributed by atoms with Crippen molar-refractivity contribution in [3.8, 4) is 0 Å². The van der Waals surface area contributed by atoms with Gasteiger partial charge in [0.2, 0.25) is 0 Å². The van der Waals surface area contributed by atoms with Gasteiger partial charge in [0.1, 0.15) is 11.2 Å². The average Bonchev–Trinajstić information content (AvgIpc) is 3.12. The maximum absolute atomic E-state index is 6.38. The monoisotopic (exact) mass is 319 g/mol. The van der Waals surface area contributed by atoms with Gasteiger partial charge in [0.15, 0.2) is 0 Å². The smallest absolute Gasteiger partial charge is 0.139 e. The van der Waals surface area contributed by atoms with E-state index in [0.29, 0.717) is 23.4 Å². The normalized spacial score (nSPS) is 31.3. The van der Waals surface area contributed by atoms with E-state index < -0.39 is 0 Å². The Morgan fingerprint density at radius 2 is 1.88 bits per heavy atom. The minimum absolute atomic E-state index is 0.296. The van der Waals surface area contributed by atoms with E-state index in [4.69, 9.17) is 4.42 Å². The number of hydrogen-bond donors (Lipinski definition) is 0. The third-order valence-electron chi connectivity index (χ3n) is 6.91. The maximum atomic E-state index is 6.38. The first-order valence-electron chi connectivity index (χ1n) is 9.17. The summed E-state index contributed by atoms with van der Waals surface area (Å²) in [7, 11) is 0. The van der Waals surface area contributed by atoms with Crippen molar-refractivity contribution in [1.29, 1.82) is 0 Å². The van der Waals surface area contributed by atoms with Crippen LogP contribution >= 0.6 is 0 Å². The second-order valence-corrected chi connectivity index (χ2v) is 8.28. The first kappa shape index (κ1) is 14.5. The van der Waals surface area contributed by atoms with Crippen molar-refractivity contribution in [2.24, 2.45) is 5.92 Å². The SMILES string of the molecule is Cc1ccc2c(oc3ccccc32)c1C1C2CCN([C@@H]1C)C2(C)C. The molecule has 0 radical (unpaired) electrons. The fraction of sp³-hybridized carbons (Fsp3) is 0.455. The second-order valence-electron chi connectivity index (χ2n) is 8.28. The van der Waals surface area contributed by atoms with Crippen molar-refractivity contribution in [2.45, 2.75) is 51.6 Å². The number of hydrogen-bond acceptors (Lipinski definition) is 2. The van der Waals surface area contributed by atoms with E-state index in [9.17, 15) is 0 Å². The van der Waals surface area contributed by atoms with Crippen LogP contribution in [0.3, 0.4) is 0 Å². The molecule has 0 amide bonds. The van der Waals surface area contributed by atoms with Gasteiger partial charge in [0, 0.05) is 33.8 Å². The molecule has 2 aliphatic heterocycles.